The lowest BCUT2D eigenvalue weighted by Crippen LogP contribution is -2.48. The summed E-state index contributed by atoms with van der Waals surface area (Å²) >= 11 is 1.38. The van der Waals surface area contributed by atoms with Gasteiger partial charge in [0.2, 0.25) is 11.8 Å². The minimum Gasteiger partial charge on any atom is -0.384 e. The Morgan fingerprint density at radius 3 is 2.56 bits per heavy atom. The number of fused-ring (bicyclic) bond motifs is 3. The standard InChI is InChI=1S/C28H27F2N5O3S/c1-15-8-23(27(38)33-11-18-9-17(14-39-18)25(31)32)35(13-15)24(36)12-34-26(37)16-6-7-22-20(10-16)19-4-2-3-5-21(19)28(22,29)30/h2-7,9-10,14-15,23H,8,11-13H2,1H3,(H3,31,32)(H,33,38)(H,34,37)/t15-,23+/m1/s1. The molecule has 1 fully saturated rings. The Labute approximate surface area is 227 Å². The van der Waals surface area contributed by atoms with Crippen molar-refractivity contribution in [1.29, 1.82) is 5.41 Å². The fourth-order valence-corrected chi connectivity index (χ4v) is 5.98. The van der Waals surface area contributed by atoms with Crippen LogP contribution in [0, 0.1) is 11.3 Å². The number of thiophene rings is 1. The fourth-order valence-electron chi connectivity index (χ4n) is 5.16. The molecular weight excluding hydrogens is 524 g/mol. The maximum atomic E-state index is 14.8. The minimum absolute atomic E-state index is 0.0464. The van der Waals surface area contributed by atoms with E-state index in [0.29, 0.717) is 29.7 Å². The van der Waals surface area contributed by atoms with Gasteiger partial charge in [-0.1, -0.05) is 37.3 Å². The van der Waals surface area contributed by atoms with E-state index in [4.69, 9.17) is 11.1 Å². The van der Waals surface area contributed by atoms with Crippen LogP contribution in [-0.2, 0) is 22.1 Å². The molecule has 2 heterocycles. The van der Waals surface area contributed by atoms with Gasteiger partial charge in [-0.2, -0.15) is 8.78 Å². The van der Waals surface area contributed by atoms with Crippen molar-refractivity contribution >= 4 is 34.9 Å². The highest BCUT2D eigenvalue weighted by atomic mass is 32.1. The van der Waals surface area contributed by atoms with Gasteiger partial charge in [0.1, 0.15) is 11.9 Å². The fraction of sp³-hybridized carbons (Fsp3) is 0.286. The molecule has 1 aliphatic heterocycles. The number of hydrogen-bond donors (Lipinski definition) is 4. The molecule has 2 aliphatic rings. The number of amidine groups is 1. The minimum atomic E-state index is -3.14. The zero-order valence-electron chi connectivity index (χ0n) is 21.1. The monoisotopic (exact) mass is 551 g/mol. The molecule has 8 nitrogen and oxygen atoms in total. The first-order valence-electron chi connectivity index (χ1n) is 12.5. The van der Waals surface area contributed by atoms with E-state index in [0.717, 1.165) is 4.88 Å². The number of carbonyl (C=O) groups excluding carboxylic acids is 3. The first kappa shape index (κ1) is 26.5. The second kappa shape index (κ2) is 10.2. The van der Waals surface area contributed by atoms with Crippen molar-refractivity contribution in [3.63, 3.8) is 0 Å². The Balaban J connectivity index is 1.22. The van der Waals surface area contributed by atoms with Gasteiger partial charge in [0.15, 0.2) is 0 Å². The van der Waals surface area contributed by atoms with E-state index in [-0.39, 0.29) is 47.4 Å². The molecule has 0 saturated carbocycles. The topological polar surface area (TPSA) is 128 Å². The molecule has 2 aromatic carbocycles. The van der Waals surface area contributed by atoms with Gasteiger partial charge < -0.3 is 21.3 Å². The number of benzene rings is 2. The van der Waals surface area contributed by atoms with Crippen molar-refractivity contribution in [3.8, 4) is 11.1 Å². The smallest absolute Gasteiger partial charge is 0.299 e. The average Bonchev–Trinajstić information content (AvgIpc) is 3.61. The second-order valence-corrected chi connectivity index (χ2v) is 10.9. The average molecular weight is 552 g/mol. The number of nitrogen functional groups attached to an aromatic ring is 1. The maximum absolute atomic E-state index is 14.8. The summed E-state index contributed by atoms with van der Waals surface area (Å²) in [6.45, 7) is 2.25. The normalized spacial score (nSPS) is 18.8. The molecule has 202 valence electrons. The van der Waals surface area contributed by atoms with Gasteiger partial charge in [-0.05, 0) is 41.7 Å². The molecule has 1 aromatic heterocycles. The Morgan fingerprint density at radius 1 is 1.08 bits per heavy atom. The van der Waals surface area contributed by atoms with Crippen LogP contribution in [0.15, 0.2) is 53.9 Å². The van der Waals surface area contributed by atoms with E-state index in [1.807, 2.05) is 6.92 Å². The summed E-state index contributed by atoms with van der Waals surface area (Å²) < 4.78 is 29.6. The SMILES string of the molecule is C[C@@H]1C[C@@H](C(=O)NCc2cc(C(=N)N)cs2)N(C(=O)CNC(=O)c2ccc3c(c2)-c2ccccc2C3(F)F)C1. The zero-order valence-corrected chi connectivity index (χ0v) is 21.9. The summed E-state index contributed by atoms with van der Waals surface area (Å²) in [7, 11) is 0. The van der Waals surface area contributed by atoms with Crippen LogP contribution in [0.2, 0.25) is 0 Å². The number of alkyl halides is 2. The molecule has 5 N–H and O–H groups in total. The molecular formula is C28H27F2N5O3S. The van der Waals surface area contributed by atoms with Gasteiger partial charge in [0, 0.05) is 39.1 Å². The lowest BCUT2D eigenvalue weighted by Gasteiger charge is -2.24. The molecule has 0 spiro atoms. The van der Waals surface area contributed by atoms with E-state index < -0.39 is 23.8 Å². The molecule has 3 amide bonds. The molecule has 2 atom stereocenters. The first-order chi connectivity index (χ1) is 18.6. The van der Waals surface area contributed by atoms with Crippen LogP contribution in [0.25, 0.3) is 11.1 Å². The Kier molecular flexibility index (Phi) is 6.94. The van der Waals surface area contributed by atoms with Gasteiger partial charge in [-0.3, -0.25) is 19.8 Å². The second-order valence-electron chi connectivity index (χ2n) is 9.90. The summed E-state index contributed by atoms with van der Waals surface area (Å²) in [4.78, 5) is 41.1. The molecule has 3 aromatic rings. The van der Waals surface area contributed by atoms with Crippen LogP contribution in [0.3, 0.4) is 0 Å². The van der Waals surface area contributed by atoms with Gasteiger partial charge >= 0.3 is 0 Å². The number of halogens is 2. The third kappa shape index (κ3) is 5.01. The van der Waals surface area contributed by atoms with Gasteiger partial charge in [0.25, 0.3) is 11.8 Å². The van der Waals surface area contributed by atoms with Crippen LogP contribution >= 0.6 is 11.3 Å². The number of carbonyl (C=O) groups is 3. The van der Waals surface area contributed by atoms with E-state index in [1.54, 1.807) is 29.6 Å². The van der Waals surface area contributed by atoms with Gasteiger partial charge in [-0.15, -0.1) is 11.3 Å². The summed E-state index contributed by atoms with van der Waals surface area (Å²) in [5.41, 5.74) is 6.66. The molecule has 0 bridgehead atoms. The van der Waals surface area contributed by atoms with Crippen molar-refractivity contribution in [1.82, 2.24) is 15.5 Å². The molecule has 0 radical (unpaired) electrons. The van der Waals surface area contributed by atoms with Crippen molar-refractivity contribution < 1.29 is 23.2 Å². The van der Waals surface area contributed by atoms with Crippen molar-refractivity contribution in [2.75, 3.05) is 13.1 Å². The molecule has 1 aliphatic carbocycles. The molecule has 11 heteroatoms. The van der Waals surface area contributed by atoms with E-state index >= 15 is 0 Å². The molecule has 0 unspecified atom stereocenters. The summed E-state index contributed by atoms with van der Waals surface area (Å²) in [6.07, 6.45) is 0.493. The molecule has 5 rings (SSSR count). The van der Waals surface area contributed by atoms with E-state index in [9.17, 15) is 23.2 Å². The number of nitrogens with two attached hydrogens (primary N) is 1. The Morgan fingerprint density at radius 2 is 1.82 bits per heavy atom. The highest BCUT2D eigenvalue weighted by Crippen LogP contribution is 2.50. The third-order valence-corrected chi connectivity index (χ3v) is 8.05. The number of nitrogens with one attached hydrogen (secondary N) is 3. The zero-order chi connectivity index (χ0) is 27.9. The molecule has 1 saturated heterocycles. The van der Waals surface area contributed by atoms with Crippen molar-refractivity contribution in [3.05, 3.63) is 81.0 Å². The first-order valence-corrected chi connectivity index (χ1v) is 13.3. The van der Waals surface area contributed by atoms with Crippen molar-refractivity contribution in [2.24, 2.45) is 11.7 Å². The number of amides is 3. The number of rotatable bonds is 7. The number of nitrogens with zero attached hydrogens (tertiary/aromatic N) is 1. The predicted molar refractivity (Wildman–Crippen MR) is 144 cm³/mol. The summed E-state index contributed by atoms with van der Waals surface area (Å²) in [5.74, 6) is -4.35. The van der Waals surface area contributed by atoms with E-state index in [1.165, 1.54) is 40.5 Å². The van der Waals surface area contributed by atoms with Crippen LogP contribution in [-0.4, -0.2) is 47.6 Å². The Hall–Kier alpha value is -4.12. The summed E-state index contributed by atoms with van der Waals surface area (Å²) in [5, 5.41) is 14.7. The van der Waals surface area contributed by atoms with Crippen LogP contribution < -0.4 is 16.4 Å². The third-order valence-electron chi connectivity index (χ3n) is 7.11. The van der Waals surface area contributed by atoms with Crippen LogP contribution in [0.1, 0.15) is 45.3 Å². The lowest BCUT2D eigenvalue weighted by atomic mass is 10.0. The Bertz CT molecular complexity index is 1490. The summed E-state index contributed by atoms with van der Waals surface area (Å²) in [6, 6.07) is 11.3. The lowest BCUT2D eigenvalue weighted by molar-refractivity contribution is -0.137. The van der Waals surface area contributed by atoms with Crippen LogP contribution in [0.5, 0.6) is 0 Å². The van der Waals surface area contributed by atoms with Crippen molar-refractivity contribution in [2.45, 2.75) is 31.9 Å². The van der Waals surface area contributed by atoms with Crippen LogP contribution in [0.4, 0.5) is 8.78 Å². The largest absolute Gasteiger partial charge is 0.384 e. The van der Waals surface area contributed by atoms with Gasteiger partial charge in [-0.25, -0.2) is 0 Å². The number of likely N-dealkylation sites (tertiary alicyclic amines) is 1. The maximum Gasteiger partial charge on any atom is 0.299 e. The molecule has 39 heavy (non-hydrogen) atoms. The highest BCUT2D eigenvalue weighted by molar-refractivity contribution is 7.10. The quantitative estimate of drug-likeness (QED) is 0.265. The van der Waals surface area contributed by atoms with Gasteiger partial charge in [0.05, 0.1) is 13.1 Å². The predicted octanol–water partition coefficient (Wildman–Crippen LogP) is 3.44. The number of hydrogen-bond acceptors (Lipinski definition) is 5. The highest BCUT2D eigenvalue weighted by Gasteiger charge is 2.44. The van der Waals surface area contributed by atoms with E-state index in [2.05, 4.69) is 10.6 Å².